The van der Waals surface area contributed by atoms with Crippen LogP contribution in [-0.4, -0.2) is 35.6 Å². The summed E-state index contributed by atoms with van der Waals surface area (Å²) in [5.41, 5.74) is 1.22. The van der Waals surface area contributed by atoms with Crippen LogP contribution >= 0.6 is 0 Å². The molecule has 1 aliphatic heterocycles. The molecule has 0 radical (unpaired) electrons. The minimum Gasteiger partial charge on any atom is -0.380 e. The van der Waals surface area contributed by atoms with Crippen molar-refractivity contribution in [2.45, 2.75) is 25.9 Å². The van der Waals surface area contributed by atoms with Gasteiger partial charge in [-0.1, -0.05) is 0 Å². The van der Waals surface area contributed by atoms with Gasteiger partial charge in [0.05, 0.1) is 19.3 Å². The second-order valence-corrected chi connectivity index (χ2v) is 3.80. The van der Waals surface area contributed by atoms with Gasteiger partial charge in [-0.05, 0) is 18.9 Å². The number of hydrogen-bond donors (Lipinski definition) is 1. The molecule has 0 amide bonds. The minimum atomic E-state index is 0.548. The van der Waals surface area contributed by atoms with Gasteiger partial charge < -0.3 is 10.1 Å². The van der Waals surface area contributed by atoms with Crippen molar-refractivity contribution in [3.05, 3.63) is 18.0 Å². The summed E-state index contributed by atoms with van der Waals surface area (Å²) in [6.07, 6.45) is 5.09. The van der Waals surface area contributed by atoms with Crippen LogP contribution in [0.1, 0.15) is 12.0 Å². The van der Waals surface area contributed by atoms with Crippen LogP contribution in [0.4, 0.5) is 0 Å². The molecule has 1 fully saturated rings. The normalized spacial score (nSPS) is 21.6. The molecule has 0 spiro atoms. The fourth-order valence-electron chi connectivity index (χ4n) is 1.67. The Balaban J connectivity index is 1.67. The summed E-state index contributed by atoms with van der Waals surface area (Å²) >= 11 is 0. The molecular formula is C10H17N3O. The Morgan fingerprint density at radius 2 is 2.64 bits per heavy atom. The molecule has 1 atom stereocenters. The largest absolute Gasteiger partial charge is 0.380 e. The van der Waals surface area contributed by atoms with E-state index < -0.39 is 0 Å². The van der Waals surface area contributed by atoms with Crippen LogP contribution < -0.4 is 5.32 Å². The molecule has 0 bridgehead atoms. The molecule has 1 aliphatic rings. The van der Waals surface area contributed by atoms with Gasteiger partial charge in [-0.25, -0.2) is 0 Å². The van der Waals surface area contributed by atoms with E-state index in [1.54, 1.807) is 0 Å². The van der Waals surface area contributed by atoms with Crippen LogP contribution in [0.2, 0.25) is 0 Å². The lowest BCUT2D eigenvalue weighted by Crippen LogP contribution is -2.32. The van der Waals surface area contributed by atoms with E-state index in [2.05, 4.69) is 23.5 Å². The molecule has 1 aromatic heterocycles. The van der Waals surface area contributed by atoms with E-state index in [0.29, 0.717) is 6.04 Å². The van der Waals surface area contributed by atoms with Gasteiger partial charge in [-0.2, -0.15) is 5.10 Å². The van der Waals surface area contributed by atoms with Crippen molar-refractivity contribution >= 4 is 0 Å². The average molecular weight is 195 g/mol. The second-order valence-electron chi connectivity index (χ2n) is 3.80. The zero-order valence-electron chi connectivity index (χ0n) is 8.57. The third-order valence-electron chi connectivity index (χ3n) is 2.47. The predicted octanol–water partition coefficient (Wildman–Crippen LogP) is 0.570. The first-order chi connectivity index (χ1) is 6.84. The summed E-state index contributed by atoms with van der Waals surface area (Å²) in [4.78, 5) is 0. The fraction of sp³-hybridized carbons (Fsp3) is 0.700. The Kier molecular flexibility index (Phi) is 3.16. The highest BCUT2D eigenvalue weighted by Gasteiger charge is 2.13. The molecule has 1 unspecified atom stereocenters. The summed E-state index contributed by atoms with van der Waals surface area (Å²) in [6, 6.07) is 0.548. The van der Waals surface area contributed by atoms with Crippen LogP contribution in [0.15, 0.2) is 12.4 Å². The Hall–Kier alpha value is -0.870. The maximum absolute atomic E-state index is 5.28. The Morgan fingerprint density at radius 1 is 1.71 bits per heavy atom. The minimum absolute atomic E-state index is 0.548. The standard InChI is InChI=1S/C10H17N3O/c1-9-6-12-13(7-9)4-3-11-10-2-5-14-8-10/h6-7,10-11H,2-5,8H2,1H3. The topological polar surface area (TPSA) is 39.1 Å². The van der Waals surface area contributed by atoms with Gasteiger partial charge in [0.2, 0.25) is 0 Å². The van der Waals surface area contributed by atoms with Gasteiger partial charge in [0.1, 0.15) is 0 Å². The number of nitrogens with one attached hydrogen (secondary N) is 1. The first-order valence-corrected chi connectivity index (χ1v) is 5.15. The van der Waals surface area contributed by atoms with E-state index >= 15 is 0 Å². The lowest BCUT2D eigenvalue weighted by molar-refractivity contribution is 0.190. The number of rotatable bonds is 4. The molecule has 78 valence electrons. The summed E-state index contributed by atoms with van der Waals surface area (Å²) in [6.45, 7) is 5.72. The van der Waals surface area contributed by atoms with Crippen molar-refractivity contribution in [2.24, 2.45) is 0 Å². The molecule has 0 saturated carbocycles. The number of aromatic nitrogens is 2. The van der Waals surface area contributed by atoms with E-state index in [4.69, 9.17) is 4.74 Å². The first-order valence-electron chi connectivity index (χ1n) is 5.15. The molecule has 2 heterocycles. The summed E-state index contributed by atoms with van der Waals surface area (Å²) in [5.74, 6) is 0. The molecule has 1 N–H and O–H groups in total. The Labute approximate surface area is 84.3 Å². The summed E-state index contributed by atoms with van der Waals surface area (Å²) in [5, 5.41) is 7.68. The number of aryl methyl sites for hydroxylation is 1. The maximum Gasteiger partial charge on any atom is 0.0620 e. The molecule has 1 aromatic rings. The van der Waals surface area contributed by atoms with Gasteiger partial charge in [0.25, 0.3) is 0 Å². The number of nitrogens with zero attached hydrogens (tertiary/aromatic N) is 2. The molecule has 14 heavy (non-hydrogen) atoms. The van der Waals surface area contributed by atoms with Gasteiger partial charge >= 0.3 is 0 Å². The van der Waals surface area contributed by atoms with Crippen molar-refractivity contribution in [3.8, 4) is 0 Å². The monoisotopic (exact) mass is 195 g/mol. The highest BCUT2D eigenvalue weighted by Crippen LogP contribution is 2.02. The van der Waals surface area contributed by atoms with Crippen molar-refractivity contribution in [2.75, 3.05) is 19.8 Å². The number of hydrogen-bond acceptors (Lipinski definition) is 3. The summed E-state index contributed by atoms with van der Waals surface area (Å²) < 4.78 is 7.25. The fourth-order valence-corrected chi connectivity index (χ4v) is 1.67. The SMILES string of the molecule is Cc1cnn(CCNC2CCOC2)c1. The molecule has 0 aromatic carbocycles. The number of ether oxygens (including phenoxy) is 1. The van der Waals surface area contributed by atoms with Crippen LogP contribution in [-0.2, 0) is 11.3 Å². The lowest BCUT2D eigenvalue weighted by Gasteiger charge is -2.09. The van der Waals surface area contributed by atoms with Gasteiger partial charge in [0, 0.05) is 25.4 Å². The van der Waals surface area contributed by atoms with E-state index in [-0.39, 0.29) is 0 Å². The van der Waals surface area contributed by atoms with E-state index in [1.165, 1.54) is 5.56 Å². The maximum atomic E-state index is 5.28. The Morgan fingerprint density at radius 3 is 3.29 bits per heavy atom. The lowest BCUT2D eigenvalue weighted by atomic mass is 10.2. The second kappa shape index (κ2) is 4.57. The zero-order chi connectivity index (χ0) is 9.80. The third-order valence-corrected chi connectivity index (χ3v) is 2.47. The van der Waals surface area contributed by atoms with Crippen molar-refractivity contribution < 1.29 is 4.74 Å². The molecular weight excluding hydrogens is 178 g/mol. The van der Waals surface area contributed by atoms with E-state index in [9.17, 15) is 0 Å². The Bertz CT molecular complexity index is 279. The van der Waals surface area contributed by atoms with Gasteiger partial charge in [-0.3, -0.25) is 4.68 Å². The van der Waals surface area contributed by atoms with Crippen LogP contribution in [0.5, 0.6) is 0 Å². The van der Waals surface area contributed by atoms with Gasteiger partial charge in [0.15, 0.2) is 0 Å². The molecule has 4 nitrogen and oxygen atoms in total. The predicted molar refractivity (Wildman–Crippen MR) is 54.2 cm³/mol. The van der Waals surface area contributed by atoms with E-state index in [1.807, 2.05) is 10.9 Å². The third kappa shape index (κ3) is 2.56. The molecule has 1 saturated heterocycles. The molecule has 4 heteroatoms. The smallest absolute Gasteiger partial charge is 0.0620 e. The van der Waals surface area contributed by atoms with Crippen molar-refractivity contribution in [1.29, 1.82) is 0 Å². The first kappa shape index (κ1) is 9.68. The average Bonchev–Trinajstić information content (AvgIpc) is 2.77. The van der Waals surface area contributed by atoms with Gasteiger partial charge in [-0.15, -0.1) is 0 Å². The molecule has 0 aliphatic carbocycles. The quantitative estimate of drug-likeness (QED) is 0.763. The van der Waals surface area contributed by atoms with E-state index in [0.717, 1.165) is 32.7 Å². The van der Waals surface area contributed by atoms with Crippen LogP contribution in [0.25, 0.3) is 0 Å². The zero-order valence-corrected chi connectivity index (χ0v) is 8.57. The summed E-state index contributed by atoms with van der Waals surface area (Å²) in [7, 11) is 0. The highest BCUT2D eigenvalue weighted by atomic mass is 16.5. The highest BCUT2D eigenvalue weighted by molar-refractivity contribution is 4.99. The van der Waals surface area contributed by atoms with Crippen LogP contribution in [0.3, 0.4) is 0 Å². The van der Waals surface area contributed by atoms with Crippen molar-refractivity contribution in [1.82, 2.24) is 15.1 Å². The van der Waals surface area contributed by atoms with Crippen molar-refractivity contribution in [3.63, 3.8) is 0 Å². The molecule has 2 rings (SSSR count). The van der Waals surface area contributed by atoms with Crippen LogP contribution in [0, 0.1) is 6.92 Å².